The highest BCUT2D eigenvalue weighted by Gasteiger charge is 2.29. The van der Waals surface area contributed by atoms with Crippen molar-refractivity contribution in [2.24, 2.45) is 5.73 Å². The number of rotatable bonds is 5. The number of alkyl halides is 3. The van der Waals surface area contributed by atoms with Gasteiger partial charge in [-0.2, -0.15) is 13.2 Å². The second kappa shape index (κ2) is 7.45. The van der Waals surface area contributed by atoms with Crippen LogP contribution in [0.1, 0.15) is 21.5 Å². The molecule has 0 aliphatic heterocycles. The molecule has 8 heteroatoms. The zero-order valence-electron chi connectivity index (χ0n) is 14.0. The number of hydrogen-bond donors (Lipinski definition) is 2. The molecule has 2 aromatic carbocycles. The van der Waals surface area contributed by atoms with Gasteiger partial charge < -0.3 is 11.1 Å². The molecule has 0 fully saturated rings. The molecule has 0 saturated heterocycles. The molecule has 1 amide bonds. The molecule has 0 spiro atoms. The van der Waals surface area contributed by atoms with Gasteiger partial charge in [-0.15, -0.1) is 0 Å². The van der Waals surface area contributed by atoms with Gasteiger partial charge in [0.15, 0.2) is 0 Å². The lowest BCUT2D eigenvalue weighted by Gasteiger charge is -2.09. The van der Waals surface area contributed by atoms with Crippen molar-refractivity contribution in [1.82, 2.24) is 9.97 Å². The molecule has 1 aromatic heterocycles. The summed E-state index contributed by atoms with van der Waals surface area (Å²) in [5, 5.41) is 2.98. The van der Waals surface area contributed by atoms with E-state index in [1.807, 2.05) is 0 Å². The van der Waals surface area contributed by atoms with E-state index in [0.717, 1.165) is 17.7 Å². The Morgan fingerprint density at radius 1 is 1.00 bits per heavy atom. The molecule has 0 radical (unpaired) electrons. The standard InChI is InChI=1S/C19H15F3N4O/c20-19(21,22)15-7-1-12(2-8-15)11-25-18-24-10-9-16(26-18)13-3-5-14(6-4-13)17(23)27/h1-10H,11H2,(H2,23,27)(H,24,25,26). The maximum Gasteiger partial charge on any atom is 0.416 e. The van der Waals surface area contributed by atoms with E-state index < -0.39 is 17.6 Å². The Morgan fingerprint density at radius 3 is 2.26 bits per heavy atom. The molecule has 1 heterocycles. The topological polar surface area (TPSA) is 80.9 Å². The first-order valence-electron chi connectivity index (χ1n) is 7.96. The van der Waals surface area contributed by atoms with Crippen molar-refractivity contribution < 1.29 is 18.0 Å². The summed E-state index contributed by atoms with van der Waals surface area (Å²) < 4.78 is 37.8. The number of aromatic nitrogens is 2. The number of primary amides is 1. The van der Waals surface area contributed by atoms with Crippen LogP contribution < -0.4 is 11.1 Å². The number of nitrogens with one attached hydrogen (secondary N) is 1. The van der Waals surface area contributed by atoms with Crippen LogP contribution in [-0.4, -0.2) is 15.9 Å². The van der Waals surface area contributed by atoms with E-state index in [0.29, 0.717) is 22.8 Å². The van der Waals surface area contributed by atoms with E-state index in [4.69, 9.17) is 5.73 Å². The van der Waals surface area contributed by atoms with Crippen molar-refractivity contribution in [1.29, 1.82) is 0 Å². The fourth-order valence-corrected chi connectivity index (χ4v) is 2.40. The summed E-state index contributed by atoms with van der Waals surface area (Å²) in [7, 11) is 0. The zero-order valence-corrected chi connectivity index (χ0v) is 14.0. The molecule has 138 valence electrons. The summed E-state index contributed by atoms with van der Waals surface area (Å²) in [5.41, 5.74) is 7.01. The number of nitrogens with zero attached hydrogens (tertiary/aromatic N) is 2. The third-order valence-electron chi connectivity index (χ3n) is 3.85. The van der Waals surface area contributed by atoms with Gasteiger partial charge in [0, 0.05) is 23.9 Å². The smallest absolute Gasteiger partial charge is 0.366 e. The quantitative estimate of drug-likeness (QED) is 0.712. The van der Waals surface area contributed by atoms with Crippen molar-refractivity contribution in [2.75, 3.05) is 5.32 Å². The maximum atomic E-state index is 12.6. The largest absolute Gasteiger partial charge is 0.416 e. The molecule has 5 nitrogen and oxygen atoms in total. The number of nitrogens with two attached hydrogens (primary N) is 1. The molecule has 3 N–H and O–H groups in total. The van der Waals surface area contributed by atoms with Gasteiger partial charge >= 0.3 is 6.18 Å². The predicted molar refractivity (Wildman–Crippen MR) is 94.8 cm³/mol. The molecule has 3 aromatic rings. The van der Waals surface area contributed by atoms with Crippen molar-refractivity contribution in [3.05, 3.63) is 77.5 Å². The van der Waals surface area contributed by atoms with Crippen LogP contribution in [0.5, 0.6) is 0 Å². The number of benzene rings is 2. The first-order valence-corrected chi connectivity index (χ1v) is 7.96. The van der Waals surface area contributed by atoms with Crippen molar-refractivity contribution in [2.45, 2.75) is 12.7 Å². The highest BCUT2D eigenvalue weighted by atomic mass is 19.4. The van der Waals surface area contributed by atoms with E-state index in [9.17, 15) is 18.0 Å². The van der Waals surface area contributed by atoms with Gasteiger partial charge in [0.2, 0.25) is 11.9 Å². The third-order valence-corrected chi connectivity index (χ3v) is 3.85. The lowest BCUT2D eigenvalue weighted by Crippen LogP contribution is -2.10. The molecular weight excluding hydrogens is 357 g/mol. The SMILES string of the molecule is NC(=O)c1ccc(-c2ccnc(NCc3ccc(C(F)(F)F)cc3)n2)cc1. The monoisotopic (exact) mass is 372 g/mol. The average Bonchev–Trinajstić information content (AvgIpc) is 2.66. The summed E-state index contributed by atoms with van der Waals surface area (Å²) >= 11 is 0. The molecule has 0 aliphatic rings. The number of hydrogen-bond acceptors (Lipinski definition) is 4. The summed E-state index contributed by atoms with van der Waals surface area (Å²) in [4.78, 5) is 19.6. The van der Waals surface area contributed by atoms with Crippen LogP contribution in [0.4, 0.5) is 19.1 Å². The van der Waals surface area contributed by atoms with Crippen molar-refractivity contribution >= 4 is 11.9 Å². The highest BCUT2D eigenvalue weighted by molar-refractivity contribution is 5.93. The second-order valence-electron chi connectivity index (χ2n) is 5.76. The number of anilines is 1. The molecule has 0 unspecified atom stereocenters. The molecule has 0 atom stereocenters. The van der Waals surface area contributed by atoms with Gasteiger partial charge in [0.1, 0.15) is 0 Å². The minimum Gasteiger partial charge on any atom is -0.366 e. The highest BCUT2D eigenvalue weighted by Crippen LogP contribution is 2.29. The van der Waals surface area contributed by atoms with Crippen LogP contribution in [-0.2, 0) is 12.7 Å². The number of carbonyl (C=O) groups excluding carboxylic acids is 1. The van der Waals surface area contributed by atoms with E-state index in [2.05, 4.69) is 15.3 Å². The summed E-state index contributed by atoms with van der Waals surface area (Å²) in [6.45, 7) is 0.280. The summed E-state index contributed by atoms with van der Waals surface area (Å²) in [5.74, 6) is -0.172. The fraction of sp³-hybridized carbons (Fsp3) is 0.105. The van der Waals surface area contributed by atoms with E-state index in [1.54, 1.807) is 36.5 Å². The summed E-state index contributed by atoms with van der Waals surface area (Å²) in [6.07, 6.45) is -2.78. The van der Waals surface area contributed by atoms with Gasteiger partial charge in [-0.25, -0.2) is 9.97 Å². The molecule has 0 aliphatic carbocycles. The Balaban J connectivity index is 1.70. The first kappa shape index (κ1) is 18.4. The fourth-order valence-electron chi connectivity index (χ4n) is 2.40. The summed E-state index contributed by atoms with van der Waals surface area (Å²) in [6, 6.07) is 13.3. The molecule has 27 heavy (non-hydrogen) atoms. The van der Waals surface area contributed by atoms with E-state index in [-0.39, 0.29) is 6.54 Å². The Morgan fingerprint density at radius 2 is 1.67 bits per heavy atom. The zero-order chi connectivity index (χ0) is 19.4. The molecular formula is C19H15F3N4O. The van der Waals surface area contributed by atoms with E-state index >= 15 is 0 Å². The van der Waals surface area contributed by atoms with E-state index in [1.165, 1.54) is 12.1 Å². The van der Waals surface area contributed by atoms with Crippen LogP contribution in [0, 0.1) is 0 Å². The van der Waals surface area contributed by atoms with Gasteiger partial charge in [-0.3, -0.25) is 4.79 Å². The Hall–Kier alpha value is -3.42. The van der Waals surface area contributed by atoms with Crippen LogP contribution in [0.2, 0.25) is 0 Å². The lowest BCUT2D eigenvalue weighted by atomic mass is 10.1. The van der Waals surface area contributed by atoms with Crippen LogP contribution >= 0.6 is 0 Å². The Kier molecular flexibility index (Phi) is 5.07. The Bertz CT molecular complexity index is 938. The number of carbonyl (C=O) groups is 1. The average molecular weight is 372 g/mol. The van der Waals surface area contributed by atoms with Gasteiger partial charge in [-0.1, -0.05) is 24.3 Å². The van der Waals surface area contributed by atoms with Crippen LogP contribution in [0.25, 0.3) is 11.3 Å². The third kappa shape index (κ3) is 4.60. The van der Waals surface area contributed by atoms with Crippen molar-refractivity contribution in [3.63, 3.8) is 0 Å². The van der Waals surface area contributed by atoms with Gasteiger partial charge in [0.05, 0.1) is 11.3 Å². The molecule has 0 bridgehead atoms. The van der Waals surface area contributed by atoms with Gasteiger partial charge in [0.25, 0.3) is 0 Å². The van der Waals surface area contributed by atoms with Crippen molar-refractivity contribution in [3.8, 4) is 11.3 Å². The van der Waals surface area contributed by atoms with Gasteiger partial charge in [-0.05, 0) is 35.9 Å². The maximum absolute atomic E-state index is 12.6. The Labute approximate surface area is 153 Å². The first-order chi connectivity index (χ1) is 12.8. The molecule has 3 rings (SSSR count). The predicted octanol–water partition coefficient (Wildman–Crippen LogP) is 3.87. The minimum atomic E-state index is -4.35. The second-order valence-corrected chi connectivity index (χ2v) is 5.76. The molecule has 0 saturated carbocycles. The lowest BCUT2D eigenvalue weighted by molar-refractivity contribution is -0.137. The minimum absolute atomic E-state index is 0.280. The number of amides is 1. The normalized spacial score (nSPS) is 11.2. The van der Waals surface area contributed by atoms with Crippen LogP contribution in [0.15, 0.2) is 60.8 Å². The van der Waals surface area contributed by atoms with Crippen LogP contribution in [0.3, 0.4) is 0 Å². The number of halogens is 3.